The molecule has 15 heavy (non-hydrogen) atoms. The molecule has 1 atom stereocenters. The molecule has 0 radical (unpaired) electrons. The van der Waals surface area contributed by atoms with Crippen LogP contribution < -0.4 is 5.32 Å². The van der Waals surface area contributed by atoms with Crippen molar-refractivity contribution in [2.75, 3.05) is 11.9 Å². The van der Waals surface area contributed by atoms with E-state index in [0.29, 0.717) is 0 Å². The van der Waals surface area contributed by atoms with Crippen LogP contribution in [0.25, 0.3) is 0 Å². The molecule has 0 amide bonds. The Hall–Kier alpha value is -1.47. The number of nitrogens with one attached hydrogen (secondary N) is 1. The molecule has 0 fully saturated rings. The zero-order valence-corrected chi connectivity index (χ0v) is 8.60. The molecule has 1 heterocycles. The first-order valence-corrected chi connectivity index (χ1v) is 4.46. The second kappa shape index (κ2) is 4.85. The Morgan fingerprint density at radius 2 is 2.47 bits per heavy atom. The Bertz CT molecular complexity index is 373. The summed E-state index contributed by atoms with van der Waals surface area (Å²) in [4.78, 5) is 17.1. The van der Waals surface area contributed by atoms with E-state index in [0.717, 1.165) is 6.20 Å². The summed E-state index contributed by atoms with van der Waals surface area (Å²) in [7, 11) is 0. The molecule has 8 heteroatoms. The predicted octanol–water partition coefficient (Wildman–Crippen LogP) is 0.831. The van der Waals surface area contributed by atoms with E-state index < -0.39 is 4.92 Å². The second-order valence-electron chi connectivity index (χ2n) is 2.86. The van der Waals surface area contributed by atoms with Crippen LogP contribution in [-0.4, -0.2) is 32.6 Å². The minimum atomic E-state index is -0.622. The number of halogens is 1. The van der Waals surface area contributed by atoms with Gasteiger partial charge in [0.25, 0.3) is 0 Å². The van der Waals surface area contributed by atoms with Crippen molar-refractivity contribution in [1.29, 1.82) is 0 Å². The fourth-order valence-corrected chi connectivity index (χ4v) is 1.01. The highest BCUT2D eigenvalue weighted by Gasteiger charge is 2.17. The Morgan fingerprint density at radius 3 is 3.00 bits per heavy atom. The molecule has 0 aliphatic heterocycles. The van der Waals surface area contributed by atoms with Crippen LogP contribution in [0.3, 0.4) is 0 Å². The van der Waals surface area contributed by atoms with E-state index in [-0.39, 0.29) is 29.4 Å². The van der Waals surface area contributed by atoms with Gasteiger partial charge < -0.3 is 10.4 Å². The first kappa shape index (κ1) is 11.6. The molecular weight excluding hydrogens is 224 g/mol. The van der Waals surface area contributed by atoms with E-state index >= 15 is 0 Å². The maximum absolute atomic E-state index is 10.6. The quantitative estimate of drug-likeness (QED) is 0.453. The van der Waals surface area contributed by atoms with Gasteiger partial charge in [-0.05, 0) is 18.5 Å². The Labute approximate surface area is 90.3 Å². The third kappa shape index (κ3) is 3.00. The van der Waals surface area contributed by atoms with Crippen LogP contribution in [0.1, 0.15) is 6.92 Å². The number of aliphatic hydroxyl groups is 1. The van der Waals surface area contributed by atoms with Crippen molar-refractivity contribution in [3.05, 3.63) is 21.6 Å². The lowest BCUT2D eigenvalue weighted by molar-refractivity contribution is -0.384. The van der Waals surface area contributed by atoms with E-state index in [2.05, 4.69) is 15.3 Å². The highest BCUT2D eigenvalue weighted by atomic mass is 35.5. The first-order valence-electron chi connectivity index (χ1n) is 4.09. The summed E-state index contributed by atoms with van der Waals surface area (Å²) in [6.07, 6.45) is 1.02. The normalized spacial score (nSPS) is 12.2. The minimum Gasteiger partial charge on any atom is -0.394 e. The number of hydrogen-bond donors (Lipinski definition) is 2. The molecule has 0 saturated carbocycles. The molecule has 1 unspecified atom stereocenters. The highest BCUT2D eigenvalue weighted by molar-refractivity contribution is 6.28. The zero-order chi connectivity index (χ0) is 11.4. The largest absolute Gasteiger partial charge is 0.394 e. The fraction of sp³-hybridized carbons (Fsp3) is 0.429. The molecular formula is C7H9ClN4O3. The first-order chi connectivity index (χ1) is 7.04. The molecule has 0 spiro atoms. The number of nitro groups is 1. The number of aromatic nitrogens is 2. The average molecular weight is 233 g/mol. The molecule has 1 aromatic rings. The number of aliphatic hydroxyl groups excluding tert-OH is 1. The van der Waals surface area contributed by atoms with Crippen molar-refractivity contribution in [1.82, 2.24) is 9.97 Å². The monoisotopic (exact) mass is 232 g/mol. The number of anilines is 1. The average Bonchev–Trinajstić information content (AvgIpc) is 2.17. The molecule has 82 valence electrons. The van der Waals surface area contributed by atoms with Gasteiger partial charge in [-0.3, -0.25) is 10.1 Å². The van der Waals surface area contributed by atoms with E-state index in [1.807, 2.05) is 0 Å². The van der Waals surface area contributed by atoms with Crippen LogP contribution in [0.4, 0.5) is 11.5 Å². The summed E-state index contributed by atoms with van der Waals surface area (Å²) in [5, 5.41) is 21.9. The van der Waals surface area contributed by atoms with Gasteiger partial charge in [0.2, 0.25) is 11.1 Å². The Morgan fingerprint density at radius 1 is 1.80 bits per heavy atom. The molecule has 0 aromatic carbocycles. The fourth-order valence-electron chi connectivity index (χ4n) is 0.873. The standard InChI is InChI=1S/C7H9ClN4O3/c1-4(3-13)10-6-5(12(14)15)2-9-7(8)11-6/h2,4,13H,3H2,1H3,(H,9,10,11). The maximum atomic E-state index is 10.6. The number of nitrogens with zero attached hydrogens (tertiary/aromatic N) is 3. The lowest BCUT2D eigenvalue weighted by Gasteiger charge is -2.10. The van der Waals surface area contributed by atoms with Gasteiger partial charge >= 0.3 is 5.69 Å². The van der Waals surface area contributed by atoms with Crippen LogP contribution in [0.15, 0.2) is 6.20 Å². The summed E-state index contributed by atoms with van der Waals surface area (Å²) >= 11 is 5.50. The summed E-state index contributed by atoms with van der Waals surface area (Å²) in [5.74, 6) is 0.00144. The molecule has 1 aromatic heterocycles. The van der Waals surface area contributed by atoms with Crippen molar-refractivity contribution in [3.63, 3.8) is 0 Å². The van der Waals surface area contributed by atoms with Crippen LogP contribution in [0.5, 0.6) is 0 Å². The van der Waals surface area contributed by atoms with Crippen molar-refractivity contribution >= 4 is 23.1 Å². The predicted molar refractivity (Wildman–Crippen MR) is 53.9 cm³/mol. The van der Waals surface area contributed by atoms with Crippen molar-refractivity contribution in [2.24, 2.45) is 0 Å². The third-order valence-electron chi connectivity index (χ3n) is 1.59. The van der Waals surface area contributed by atoms with Crippen LogP contribution in [-0.2, 0) is 0 Å². The van der Waals surface area contributed by atoms with Gasteiger partial charge in [-0.2, -0.15) is 4.98 Å². The lowest BCUT2D eigenvalue weighted by Crippen LogP contribution is -2.21. The van der Waals surface area contributed by atoms with Crippen molar-refractivity contribution < 1.29 is 10.0 Å². The van der Waals surface area contributed by atoms with Crippen molar-refractivity contribution in [3.8, 4) is 0 Å². The number of rotatable bonds is 4. The smallest absolute Gasteiger partial charge is 0.329 e. The Balaban J connectivity index is 3.02. The van der Waals surface area contributed by atoms with Crippen molar-refractivity contribution in [2.45, 2.75) is 13.0 Å². The zero-order valence-electron chi connectivity index (χ0n) is 7.85. The molecule has 2 N–H and O–H groups in total. The topological polar surface area (TPSA) is 101 Å². The Kier molecular flexibility index (Phi) is 3.75. The summed E-state index contributed by atoms with van der Waals surface area (Å²) in [5.41, 5.74) is -0.278. The molecule has 0 aliphatic rings. The van der Waals surface area contributed by atoms with Gasteiger partial charge in [0, 0.05) is 6.04 Å². The van der Waals surface area contributed by atoms with Crippen LogP contribution >= 0.6 is 11.6 Å². The van der Waals surface area contributed by atoms with E-state index in [9.17, 15) is 10.1 Å². The molecule has 7 nitrogen and oxygen atoms in total. The van der Waals surface area contributed by atoms with E-state index in [1.54, 1.807) is 6.92 Å². The maximum Gasteiger partial charge on any atom is 0.329 e. The van der Waals surface area contributed by atoms with Gasteiger partial charge in [-0.15, -0.1) is 0 Å². The molecule has 1 rings (SSSR count). The second-order valence-corrected chi connectivity index (χ2v) is 3.20. The lowest BCUT2D eigenvalue weighted by atomic mass is 10.3. The van der Waals surface area contributed by atoms with Gasteiger partial charge in [0.05, 0.1) is 11.5 Å². The molecule has 0 aliphatic carbocycles. The van der Waals surface area contributed by atoms with Gasteiger partial charge in [-0.1, -0.05) is 0 Å². The van der Waals surface area contributed by atoms with Crippen LogP contribution in [0, 0.1) is 10.1 Å². The van der Waals surface area contributed by atoms with Crippen LogP contribution in [0.2, 0.25) is 5.28 Å². The van der Waals surface area contributed by atoms with Gasteiger partial charge in [0.1, 0.15) is 6.20 Å². The van der Waals surface area contributed by atoms with Gasteiger partial charge in [0.15, 0.2) is 0 Å². The summed E-state index contributed by atoms with van der Waals surface area (Å²) in [6, 6.07) is -0.352. The molecule has 0 saturated heterocycles. The minimum absolute atomic E-state index is 0.00144. The summed E-state index contributed by atoms with van der Waals surface area (Å²) < 4.78 is 0. The molecule has 0 bridgehead atoms. The van der Waals surface area contributed by atoms with Gasteiger partial charge in [-0.25, -0.2) is 4.98 Å². The van der Waals surface area contributed by atoms with E-state index in [1.165, 1.54) is 0 Å². The SMILES string of the molecule is CC(CO)Nc1nc(Cl)ncc1[N+](=O)[O-]. The highest BCUT2D eigenvalue weighted by Crippen LogP contribution is 2.22. The summed E-state index contributed by atoms with van der Waals surface area (Å²) in [6.45, 7) is 1.48. The van der Waals surface area contributed by atoms with E-state index in [4.69, 9.17) is 16.7 Å². The number of hydrogen-bond acceptors (Lipinski definition) is 6. The third-order valence-corrected chi connectivity index (χ3v) is 1.78.